The highest BCUT2D eigenvalue weighted by Crippen LogP contribution is 2.29. The van der Waals surface area contributed by atoms with E-state index in [1.54, 1.807) is 13.2 Å². The number of nitrogens with one attached hydrogen (secondary N) is 1. The molecule has 0 bridgehead atoms. The maximum absolute atomic E-state index is 12.6. The number of nitrogens with zero attached hydrogens (tertiary/aromatic N) is 1. The summed E-state index contributed by atoms with van der Waals surface area (Å²) in [4.78, 5) is 26.4. The molecule has 3 aromatic carbocycles. The van der Waals surface area contributed by atoms with E-state index in [0.29, 0.717) is 13.0 Å². The largest absolute Gasteiger partial charge is 0.496 e. The topological polar surface area (TPSA) is 78.9 Å². The molecule has 0 saturated carbocycles. The molecule has 6 nitrogen and oxygen atoms in total. The minimum absolute atomic E-state index is 0.0702. The molecular formula is C35H40N2O4. The molecule has 6 heteroatoms. The number of hydrogen-bond donors (Lipinski definition) is 2. The Kier molecular flexibility index (Phi) is 11.5. The van der Waals surface area contributed by atoms with Crippen molar-refractivity contribution >= 4 is 23.3 Å². The Morgan fingerprint density at radius 3 is 2.56 bits per heavy atom. The van der Waals surface area contributed by atoms with E-state index in [4.69, 9.17) is 9.84 Å². The third-order valence-corrected chi connectivity index (χ3v) is 7.42. The molecule has 0 unspecified atom stereocenters. The first-order chi connectivity index (χ1) is 20.1. The number of methoxy groups -OCH3 is 1. The number of fused-ring (bicyclic) bond motifs is 1. The van der Waals surface area contributed by atoms with Gasteiger partial charge in [-0.05, 0) is 77.8 Å². The lowest BCUT2D eigenvalue weighted by Gasteiger charge is -2.23. The van der Waals surface area contributed by atoms with Gasteiger partial charge in [-0.15, -0.1) is 0 Å². The van der Waals surface area contributed by atoms with E-state index >= 15 is 0 Å². The van der Waals surface area contributed by atoms with Gasteiger partial charge in [-0.2, -0.15) is 0 Å². The zero-order valence-electron chi connectivity index (χ0n) is 23.9. The zero-order valence-corrected chi connectivity index (χ0v) is 23.9. The van der Waals surface area contributed by atoms with Gasteiger partial charge in [0.1, 0.15) is 12.4 Å². The van der Waals surface area contributed by atoms with Crippen molar-refractivity contribution in [2.45, 2.75) is 38.6 Å². The molecule has 0 atom stereocenters. The molecule has 0 radical (unpaired) electrons. The van der Waals surface area contributed by atoms with Crippen molar-refractivity contribution < 1.29 is 19.4 Å². The normalized spacial score (nSPS) is 12.4. The fourth-order valence-corrected chi connectivity index (χ4v) is 5.17. The van der Waals surface area contributed by atoms with E-state index in [0.717, 1.165) is 62.2 Å². The summed E-state index contributed by atoms with van der Waals surface area (Å²) in [5, 5.41) is 12.0. The van der Waals surface area contributed by atoms with Gasteiger partial charge in [0.25, 0.3) is 0 Å². The van der Waals surface area contributed by atoms with Gasteiger partial charge >= 0.3 is 0 Å². The first-order valence-electron chi connectivity index (χ1n) is 14.3. The zero-order chi connectivity index (χ0) is 28.9. The second kappa shape index (κ2) is 15.7. The summed E-state index contributed by atoms with van der Waals surface area (Å²) in [6.07, 6.45) is 9.41. The number of ether oxygens (including phenoxy) is 1. The SMILES string of the molecule is COc1ccccc1CCNC(=O)CCCN(CCC1=CCc2ccccc21)Cc1ccc(/C=C/C(=O)CO)cc1. The Morgan fingerprint density at radius 1 is 0.976 bits per heavy atom. The molecule has 214 valence electrons. The quantitative estimate of drug-likeness (QED) is 0.238. The van der Waals surface area contributed by atoms with Gasteiger partial charge in [0.15, 0.2) is 5.78 Å². The second-order valence-corrected chi connectivity index (χ2v) is 10.3. The van der Waals surface area contributed by atoms with Gasteiger partial charge in [0, 0.05) is 26.1 Å². The van der Waals surface area contributed by atoms with Crippen LogP contribution >= 0.6 is 0 Å². The van der Waals surface area contributed by atoms with Crippen molar-refractivity contribution in [2.75, 3.05) is 33.4 Å². The van der Waals surface area contributed by atoms with E-state index in [1.165, 1.54) is 28.3 Å². The van der Waals surface area contributed by atoms with E-state index in [2.05, 4.69) is 52.7 Å². The lowest BCUT2D eigenvalue weighted by atomic mass is 10.0. The van der Waals surface area contributed by atoms with Crippen LogP contribution in [-0.4, -0.2) is 55.0 Å². The predicted octanol–water partition coefficient (Wildman–Crippen LogP) is 5.24. The van der Waals surface area contributed by atoms with E-state index in [9.17, 15) is 9.59 Å². The summed E-state index contributed by atoms with van der Waals surface area (Å²) >= 11 is 0. The van der Waals surface area contributed by atoms with Crippen LogP contribution in [-0.2, 0) is 29.0 Å². The van der Waals surface area contributed by atoms with Crippen LogP contribution in [0, 0.1) is 0 Å². The fraction of sp³-hybridized carbons (Fsp3) is 0.314. The molecule has 1 aliphatic rings. The molecule has 1 aliphatic carbocycles. The van der Waals surface area contributed by atoms with Crippen LogP contribution in [0.4, 0.5) is 0 Å². The Bertz CT molecular complexity index is 1360. The highest BCUT2D eigenvalue weighted by Gasteiger charge is 2.15. The molecule has 0 saturated heterocycles. The lowest BCUT2D eigenvalue weighted by molar-refractivity contribution is -0.121. The number of benzene rings is 3. The Morgan fingerprint density at radius 2 is 1.76 bits per heavy atom. The molecule has 4 rings (SSSR count). The Hall–Kier alpha value is -4.00. The summed E-state index contributed by atoms with van der Waals surface area (Å²) < 4.78 is 5.41. The number of carbonyl (C=O) groups is 2. The highest BCUT2D eigenvalue weighted by molar-refractivity contribution is 5.94. The summed E-state index contributed by atoms with van der Waals surface area (Å²) in [5.41, 5.74) is 7.33. The van der Waals surface area contributed by atoms with Gasteiger partial charge in [0.05, 0.1) is 7.11 Å². The van der Waals surface area contributed by atoms with Gasteiger partial charge in [-0.25, -0.2) is 0 Å². The van der Waals surface area contributed by atoms with Crippen molar-refractivity contribution in [1.82, 2.24) is 10.2 Å². The fourth-order valence-electron chi connectivity index (χ4n) is 5.17. The van der Waals surface area contributed by atoms with Crippen molar-refractivity contribution in [3.8, 4) is 5.75 Å². The average Bonchev–Trinajstić information content (AvgIpc) is 3.42. The lowest BCUT2D eigenvalue weighted by Crippen LogP contribution is -2.29. The minimum Gasteiger partial charge on any atom is -0.496 e. The van der Waals surface area contributed by atoms with Crippen molar-refractivity contribution in [2.24, 2.45) is 0 Å². The van der Waals surface area contributed by atoms with Crippen LogP contribution in [0.5, 0.6) is 5.75 Å². The molecule has 3 aromatic rings. The van der Waals surface area contributed by atoms with Crippen LogP contribution in [0.25, 0.3) is 11.6 Å². The predicted molar refractivity (Wildman–Crippen MR) is 165 cm³/mol. The van der Waals surface area contributed by atoms with E-state index in [1.807, 2.05) is 36.4 Å². The summed E-state index contributed by atoms with van der Waals surface area (Å²) in [6, 6.07) is 24.6. The maximum atomic E-state index is 12.6. The minimum atomic E-state index is -0.482. The van der Waals surface area contributed by atoms with Gasteiger partial charge in [-0.1, -0.05) is 78.9 Å². The molecule has 0 aromatic heterocycles. The van der Waals surface area contributed by atoms with Crippen LogP contribution in [0.1, 0.15) is 47.1 Å². The molecule has 2 N–H and O–H groups in total. The maximum Gasteiger partial charge on any atom is 0.220 e. The molecule has 41 heavy (non-hydrogen) atoms. The number of carbonyl (C=O) groups excluding carboxylic acids is 2. The monoisotopic (exact) mass is 552 g/mol. The Labute approximate surface area is 243 Å². The number of para-hydroxylation sites is 1. The molecule has 1 amide bonds. The van der Waals surface area contributed by atoms with E-state index < -0.39 is 6.61 Å². The molecule has 0 spiro atoms. The number of aliphatic hydroxyl groups is 1. The van der Waals surface area contributed by atoms with Crippen LogP contribution in [0.2, 0.25) is 0 Å². The highest BCUT2D eigenvalue weighted by atomic mass is 16.5. The van der Waals surface area contributed by atoms with Crippen LogP contribution in [0.15, 0.2) is 84.9 Å². The molecular weight excluding hydrogens is 512 g/mol. The van der Waals surface area contributed by atoms with Gasteiger partial charge in [-0.3, -0.25) is 14.5 Å². The third kappa shape index (κ3) is 9.27. The average molecular weight is 553 g/mol. The number of ketones is 1. The number of rotatable bonds is 16. The number of allylic oxidation sites excluding steroid dienone is 1. The summed E-state index contributed by atoms with van der Waals surface area (Å²) in [5.74, 6) is 0.604. The number of hydrogen-bond acceptors (Lipinski definition) is 5. The first-order valence-corrected chi connectivity index (χ1v) is 14.3. The molecule has 0 fully saturated rings. The van der Waals surface area contributed by atoms with Gasteiger partial charge in [0.2, 0.25) is 5.91 Å². The molecule has 0 aliphatic heterocycles. The Balaban J connectivity index is 1.30. The standard InChI is InChI=1S/C35H40N2O4/c1-41-34-10-5-3-8-31(34)20-22-36-35(40)11-6-23-37(24-21-30-18-17-29-7-2-4-9-33(29)30)25-28-14-12-27(13-15-28)16-19-32(39)26-38/h2-5,7-10,12-16,18-19,38H,6,11,17,20-26H2,1H3,(H,36,40)/b19-16+. The number of amides is 1. The summed E-state index contributed by atoms with van der Waals surface area (Å²) in [6.45, 7) is 2.61. The smallest absolute Gasteiger partial charge is 0.220 e. The van der Waals surface area contributed by atoms with E-state index in [-0.39, 0.29) is 11.7 Å². The van der Waals surface area contributed by atoms with Gasteiger partial charge < -0.3 is 15.2 Å². The number of aliphatic hydroxyl groups excluding tert-OH is 1. The summed E-state index contributed by atoms with van der Waals surface area (Å²) in [7, 11) is 1.66. The van der Waals surface area contributed by atoms with Crippen LogP contribution < -0.4 is 10.1 Å². The first kappa shape index (κ1) is 30.0. The van der Waals surface area contributed by atoms with Crippen molar-refractivity contribution in [1.29, 1.82) is 0 Å². The van der Waals surface area contributed by atoms with Crippen molar-refractivity contribution in [3.05, 3.63) is 113 Å². The van der Waals surface area contributed by atoms with Crippen molar-refractivity contribution in [3.63, 3.8) is 0 Å². The van der Waals surface area contributed by atoms with Crippen LogP contribution in [0.3, 0.4) is 0 Å². The third-order valence-electron chi connectivity index (χ3n) is 7.42. The molecule has 0 heterocycles. The second-order valence-electron chi connectivity index (χ2n) is 10.3.